The van der Waals surface area contributed by atoms with Crippen LogP contribution in [-0.4, -0.2) is 10.8 Å². The van der Waals surface area contributed by atoms with Gasteiger partial charge < -0.3 is 0 Å². The number of thiazole rings is 1. The van der Waals surface area contributed by atoms with Gasteiger partial charge in [0, 0.05) is 15.8 Å². The Bertz CT molecular complexity index is 618. The van der Waals surface area contributed by atoms with Crippen LogP contribution < -0.4 is 0 Å². The van der Waals surface area contributed by atoms with E-state index in [9.17, 15) is 9.18 Å². The van der Waals surface area contributed by atoms with Gasteiger partial charge in [-0.1, -0.05) is 6.07 Å². The summed E-state index contributed by atoms with van der Waals surface area (Å²) in [7, 11) is 0. The minimum atomic E-state index is -0.317. The minimum absolute atomic E-state index is 0.0752. The highest BCUT2D eigenvalue weighted by atomic mass is 79.9. The average Bonchev–Trinajstić information content (AvgIpc) is 2.74. The molecule has 0 unspecified atom stereocenters. The number of ketones is 1. The Hall–Kier alpha value is -1.07. The monoisotopic (exact) mass is 325 g/mol. The van der Waals surface area contributed by atoms with Crippen molar-refractivity contribution < 1.29 is 9.18 Å². The summed E-state index contributed by atoms with van der Waals surface area (Å²) in [6, 6.07) is 4.82. The summed E-state index contributed by atoms with van der Waals surface area (Å²) in [6.07, 6.45) is 2.28. The van der Waals surface area contributed by atoms with Crippen LogP contribution in [0, 0.1) is 5.82 Å². The highest BCUT2D eigenvalue weighted by Gasteiger charge is 2.24. The van der Waals surface area contributed by atoms with Crippen molar-refractivity contribution in [3.63, 3.8) is 0 Å². The fourth-order valence-corrected chi connectivity index (χ4v) is 3.92. The van der Waals surface area contributed by atoms with Crippen molar-refractivity contribution in [1.82, 2.24) is 4.98 Å². The fourth-order valence-electron chi connectivity index (χ4n) is 2.08. The predicted octanol–water partition coefficient (Wildman–Crippen LogP) is 4.23. The van der Waals surface area contributed by atoms with Gasteiger partial charge in [-0.3, -0.25) is 4.79 Å². The van der Waals surface area contributed by atoms with Crippen LogP contribution in [0.15, 0.2) is 22.7 Å². The van der Waals surface area contributed by atoms with Gasteiger partial charge in [0.1, 0.15) is 16.5 Å². The van der Waals surface area contributed by atoms with Crippen molar-refractivity contribution in [3.8, 4) is 10.6 Å². The molecule has 0 saturated carbocycles. The third-order valence-corrected chi connectivity index (χ3v) is 4.74. The number of aryl methyl sites for hydroxylation is 1. The molecule has 0 fully saturated rings. The number of nitrogens with zero attached hydrogens (tertiary/aromatic N) is 1. The van der Waals surface area contributed by atoms with E-state index in [1.807, 2.05) is 0 Å². The molecular formula is C13H9BrFNOS. The molecule has 1 aliphatic carbocycles. The van der Waals surface area contributed by atoms with Crippen molar-refractivity contribution in [2.45, 2.75) is 19.3 Å². The van der Waals surface area contributed by atoms with Gasteiger partial charge in [-0.2, -0.15) is 0 Å². The van der Waals surface area contributed by atoms with E-state index in [0.717, 1.165) is 17.7 Å². The summed E-state index contributed by atoms with van der Waals surface area (Å²) < 4.78 is 14.5. The summed E-state index contributed by atoms with van der Waals surface area (Å²) in [5.41, 5.74) is 0.987. The number of aromatic nitrogens is 1. The van der Waals surface area contributed by atoms with Gasteiger partial charge in [-0.15, -0.1) is 11.3 Å². The zero-order chi connectivity index (χ0) is 12.7. The summed E-state index contributed by atoms with van der Waals surface area (Å²) in [6.45, 7) is 0. The first-order valence-electron chi connectivity index (χ1n) is 5.64. The van der Waals surface area contributed by atoms with Crippen LogP contribution >= 0.6 is 27.3 Å². The molecule has 0 saturated heterocycles. The molecule has 3 rings (SSSR count). The highest BCUT2D eigenvalue weighted by molar-refractivity contribution is 9.10. The minimum Gasteiger partial charge on any atom is -0.292 e. The molecule has 18 heavy (non-hydrogen) atoms. The third-order valence-electron chi connectivity index (χ3n) is 2.95. The van der Waals surface area contributed by atoms with Gasteiger partial charge in [-0.25, -0.2) is 9.37 Å². The van der Waals surface area contributed by atoms with Gasteiger partial charge in [0.15, 0.2) is 5.78 Å². The number of fused-ring (bicyclic) bond motifs is 1. The summed E-state index contributed by atoms with van der Waals surface area (Å²) in [5.74, 6) is -0.242. The molecule has 0 spiro atoms. The van der Waals surface area contributed by atoms with Crippen molar-refractivity contribution >= 4 is 33.0 Å². The second kappa shape index (κ2) is 4.55. The fraction of sp³-hybridized carbons (Fsp3) is 0.231. The number of rotatable bonds is 1. The van der Waals surface area contributed by atoms with Gasteiger partial charge in [0.05, 0.1) is 5.56 Å². The molecule has 1 heterocycles. The Morgan fingerprint density at radius 3 is 2.89 bits per heavy atom. The maximum Gasteiger partial charge on any atom is 0.182 e. The number of carbonyl (C=O) groups is 1. The zero-order valence-corrected chi connectivity index (χ0v) is 11.8. The lowest BCUT2D eigenvalue weighted by atomic mass is 10.0. The van der Waals surface area contributed by atoms with E-state index in [1.54, 1.807) is 12.1 Å². The Balaban J connectivity index is 2.16. The van der Waals surface area contributed by atoms with Gasteiger partial charge >= 0.3 is 0 Å². The molecule has 0 amide bonds. The molecule has 1 aromatic heterocycles. The van der Waals surface area contributed by atoms with E-state index in [-0.39, 0.29) is 11.6 Å². The van der Waals surface area contributed by atoms with E-state index in [1.165, 1.54) is 17.4 Å². The smallest absolute Gasteiger partial charge is 0.182 e. The molecule has 0 N–H and O–H groups in total. The lowest BCUT2D eigenvalue weighted by Gasteiger charge is -2.06. The maximum absolute atomic E-state index is 13.8. The van der Waals surface area contributed by atoms with Crippen molar-refractivity contribution in [1.29, 1.82) is 0 Å². The number of benzene rings is 1. The summed E-state index contributed by atoms with van der Waals surface area (Å²) >= 11 is 4.75. The summed E-state index contributed by atoms with van der Waals surface area (Å²) in [4.78, 5) is 17.0. The van der Waals surface area contributed by atoms with E-state index >= 15 is 0 Å². The number of hydrogen-bond acceptors (Lipinski definition) is 3. The Kier molecular flexibility index (Phi) is 3.03. The van der Waals surface area contributed by atoms with Gasteiger partial charge in [-0.05, 0) is 40.9 Å². The third kappa shape index (κ3) is 1.91. The highest BCUT2D eigenvalue weighted by Crippen LogP contribution is 2.37. The van der Waals surface area contributed by atoms with Crippen LogP contribution in [-0.2, 0) is 6.42 Å². The molecule has 2 nitrogen and oxygen atoms in total. The quantitative estimate of drug-likeness (QED) is 0.785. The van der Waals surface area contributed by atoms with Crippen LogP contribution in [0.3, 0.4) is 0 Å². The Morgan fingerprint density at radius 1 is 1.33 bits per heavy atom. The first-order valence-corrected chi connectivity index (χ1v) is 7.25. The molecule has 0 aliphatic heterocycles. The molecule has 0 radical (unpaired) electrons. The van der Waals surface area contributed by atoms with Crippen molar-refractivity contribution in [3.05, 3.63) is 39.1 Å². The molecule has 92 valence electrons. The predicted molar refractivity (Wildman–Crippen MR) is 72.5 cm³/mol. The topological polar surface area (TPSA) is 30.0 Å². The summed E-state index contributed by atoms with van der Waals surface area (Å²) in [5, 5.41) is 0.584. The lowest BCUT2D eigenvalue weighted by molar-refractivity contribution is 0.0968. The molecule has 2 aromatic rings. The number of carbonyl (C=O) groups excluding carboxylic acids is 1. The lowest BCUT2D eigenvalue weighted by Crippen LogP contribution is -2.08. The van der Waals surface area contributed by atoms with Gasteiger partial charge in [0.25, 0.3) is 0 Å². The number of Topliss-reactive ketones (excluding diaryl/α,β-unsaturated/α-hetero) is 1. The standard InChI is InChI=1S/C13H9BrFNOS/c14-7-3-1-4-8(15)11(7)13-16-12-9(17)5-2-6-10(12)18-13/h1,3-4H,2,5-6H2. The molecule has 0 bridgehead atoms. The largest absolute Gasteiger partial charge is 0.292 e. The van der Waals surface area contributed by atoms with E-state index in [2.05, 4.69) is 20.9 Å². The molecule has 5 heteroatoms. The van der Waals surface area contributed by atoms with Crippen molar-refractivity contribution in [2.24, 2.45) is 0 Å². The SMILES string of the molecule is O=C1CCCc2sc(-c3c(F)cccc3Br)nc21. The van der Waals surface area contributed by atoms with E-state index < -0.39 is 0 Å². The Labute approximate surface area is 116 Å². The number of hydrogen-bond donors (Lipinski definition) is 0. The number of halogens is 2. The van der Waals surface area contributed by atoms with E-state index in [4.69, 9.17) is 0 Å². The normalized spacial score (nSPS) is 14.7. The first-order chi connectivity index (χ1) is 8.66. The van der Waals surface area contributed by atoms with E-state index in [0.29, 0.717) is 27.2 Å². The van der Waals surface area contributed by atoms with Crippen molar-refractivity contribution in [2.75, 3.05) is 0 Å². The maximum atomic E-state index is 13.8. The van der Waals surface area contributed by atoms with Gasteiger partial charge in [0.2, 0.25) is 0 Å². The molecule has 1 aliphatic rings. The molecular weight excluding hydrogens is 317 g/mol. The van der Waals surface area contributed by atoms with Crippen LogP contribution in [0.5, 0.6) is 0 Å². The molecule has 0 atom stereocenters. The second-order valence-electron chi connectivity index (χ2n) is 4.16. The average molecular weight is 326 g/mol. The van der Waals surface area contributed by atoms with Crippen LogP contribution in [0.4, 0.5) is 4.39 Å². The Morgan fingerprint density at radius 2 is 2.17 bits per heavy atom. The first kappa shape index (κ1) is 12.0. The van der Waals surface area contributed by atoms with Crippen LogP contribution in [0.2, 0.25) is 0 Å². The van der Waals surface area contributed by atoms with Crippen LogP contribution in [0.25, 0.3) is 10.6 Å². The molecule has 1 aromatic carbocycles. The zero-order valence-electron chi connectivity index (χ0n) is 9.37. The van der Waals surface area contributed by atoms with Crippen LogP contribution in [0.1, 0.15) is 28.2 Å². The second-order valence-corrected chi connectivity index (χ2v) is 6.10.